The summed E-state index contributed by atoms with van der Waals surface area (Å²) in [5.41, 5.74) is 2.11. The molecule has 2 N–H and O–H groups in total. The zero-order valence-corrected chi connectivity index (χ0v) is 8.76. The zero-order valence-electron chi connectivity index (χ0n) is 8.76. The van der Waals surface area contributed by atoms with Crippen molar-refractivity contribution in [3.8, 4) is 0 Å². The first-order chi connectivity index (χ1) is 6.68. The molecule has 14 heavy (non-hydrogen) atoms. The summed E-state index contributed by atoms with van der Waals surface area (Å²) in [6, 6.07) is 0.568. The minimum absolute atomic E-state index is 0.0607. The molecular formula is C10H17N3O. The molecule has 2 heterocycles. The van der Waals surface area contributed by atoms with Crippen molar-refractivity contribution in [2.45, 2.75) is 32.7 Å². The number of H-pyrrole nitrogens is 2. The highest BCUT2D eigenvalue weighted by atomic mass is 16.1. The van der Waals surface area contributed by atoms with E-state index in [0.717, 1.165) is 37.2 Å². The van der Waals surface area contributed by atoms with Crippen LogP contribution in [0.4, 0.5) is 0 Å². The minimum atomic E-state index is 0.0607. The number of nitrogens with zero attached hydrogens (tertiary/aromatic N) is 1. The second kappa shape index (κ2) is 3.61. The van der Waals surface area contributed by atoms with Crippen LogP contribution < -0.4 is 5.56 Å². The lowest BCUT2D eigenvalue weighted by molar-refractivity contribution is 0.232. The molecule has 0 saturated carbocycles. The SMILES string of the molecule is CC(C)N1CCc2[nH][nH]c(=O)c2CC1. The van der Waals surface area contributed by atoms with E-state index in [4.69, 9.17) is 0 Å². The van der Waals surface area contributed by atoms with Gasteiger partial charge < -0.3 is 10.00 Å². The average molecular weight is 195 g/mol. The fraction of sp³-hybridized carbons (Fsp3) is 0.700. The molecule has 0 unspecified atom stereocenters. The Morgan fingerprint density at radius 1 is 1.21 bits per heavy atom. The van der Waals surface area contributed by atoms with Gasteiger partial charge in [-0.1, -0.05) is 0 Å². The van der Waals surface area contributed by atoms with Gasteiger partial charge in [0.05, 0.1) is 0 Å². The van der Waals surface area contributed by atoms with E-state index >= 15 is 0 Å². The maximum Gasteiger partial charge on any atom is 0.267 e. The van der Waals surface area contributed by atoms with Gasteiger partial charge in [0.15, 0.2) is 0 Å². The van der Waals surface area contributed by atoms with Crippen LogP contribution in [0.2, 0.25) is 0 Å². The Labute approximate surface area is 83.3 Å². The molecule has 0 bridgehead atoms. The zero-order chi connectivity index (χ0) is 10.1. The van der Waals surface area contributed by atoms with E-state index in [-0.39, 0.29) is 5.56 Å². The summed E-state index contributed by atoms with van der Waals surface area (Å²) in [4.78, 5) is 13.8. The Balaban J connectivity index is 2.19. The van der Waals surface area contributed by atoms with E-state index in [1.54, 1.807) is 0 Å². The standard InChI is InChI=1S/C10H17N3O/c1-7(2)13-5-3-8-9(4-6-13)11-12-10(8)14/h7H,3-6H2,1-2H3,(H2,11,12,14). The topological polar surface area (TPSA) is 51.9 Å². The molecule has 0 saturated heterocycles. The normalized spacial score (nSPS) is 18.2. The maximum absolute atomic E-state index is 11.4. The molecule has 0 radical (unpaired) electrons. The minimum Gasteiger partial charge on any atom is -0.302 e. The number of rotatable bonds is 1. The Morgan fingerprint density at radius 3 is 2.64 bits per heavy atom. The maximum atomic E-state index is 11.4. The number of hydrogen-bond donors (Lipinski definition) is 2. The number of fused-ring (bicyclic) bond motifs is 1. The van der Waals surface area contributed by atoms with Crippen molar-refractivity contribution in [3.63, 3.8) is 0 Å². The quantitative estimate of drug-likeness (QED) is 0.686. The smallest absolute Gasteiger partial charge is 0.267 e. The van der Waals surface area contributed by atoms with E-state index < -0.39 is 0 Å². The van der Waals surface area contributed by atoms with Crippen LogP contribution in [-0.4, -0.2) is 34.2 Å². The molecular weight excluding hydrogens is 178 g/mol. The highest BCUT2D eigenvalue weighted by Gasteiger charge is 2.18. The number of nitrogens with one attached hydrogen (secondary N) is 2. The molecule has 1 aliphatic rings. The van der Waals surface area contributed by atoms with Crippen molar-refractivity contribution < 1.29 is 0 Å². The predicted molar refractivity (Wildman–Crippen MR) is 55.5 cm³/mol. The third-order valence-corrected chi connectivity index (χ3v) is 2.99. The van der Waals surface area contributed by atoms with Gasteiger partial charge in [0.1, 0.15) is 0 Å². The van der Waals surface area contributed by atoms with Gasteiger partial charge in [-0.2, -0.15) is 0 Å². The van der Waals surface area contributed by atoms with Gasteiger partial charge in [0, 0.05) is 36.8 Å². The second-order valence-electron chi connectivity index (χ2n) is 4.17. The number of hydrogen-bond acceptors (Lipinski definition) is 2. The molecule has 1 aromatic heterocycles. The van der Waals surface area contributed by atoms with Crippen LogP contribution in [0.5, 0.6) is 0 Å². The third kappa shape index (κ3) is 1.62. The summed E-state index contributed by atoms with van der Waals surface area (Å²) in [6.07, 6.45) is 1.82. The van der Waals surface area contributed by atoms with E-state index in [1.165, 1.54) is 0 Å². The predicted octanol–water partition coefficient (Wildman–Crippen LogP) is 0.512. The lowest BCUT2D eigenvalue weighted by Gasteiger charge is -2.23. The molecule has 0 amide bonds. The van der Waals surface area contributed by atoms with E-state index in [0.29, 0.717) is 6.04 Å². The summed E-state index contributed by atoms with van der Waals surface area (Å²) in [7, 11) is 0. The molecule has 4 heteroatoms. The summed E-state index contributed by atoms with van der Waals surface area (Å²) < 4.78 is 0. The Bertz CT molecular complexity index is 364. The van der Waals surface area contributed by atoms with Crippen LogP contribution in [0, 0.1) is 0 Å². The van der Waals surface area contributed by atoms with E-state index in [2.05, 4.69) is 28.9 Å². The molecule has 0 aromatic carbocycles. The summed E-state index contributed by atoms with van der Waals surface area (Å²) in [6.45, 7) is 6.43. The number of aromatic nitrogens is 2. The molecule has 1 aliphatic heterocycles. The van der Waals surface area contributed by atoms with E-state index in [9.17, 15) is 4.79 Å². The van der Waals surface area contributed by atoms with Crippen molar-refractivity contribution in [3.05, 3.63) is 21.6 Å². The first kappa shape index (κ1) is 9.52. The fourth-order valence-electron chi connectivity index (χ4n) is 2.04. The van der Waals surface area contributed by atoms with Gasteiger partial charge >= 0.3 is 0 Å². The molecule has 1 aromatic rings. The highest BCUT2D eigenvalue weighted by Crippen LogP contribution is 2.11. The first-order valence-electron chi connectivity index (χ1n) is 5.21. The lowest BCUT2D eigenvalue weighted by atomic mass is 10.1. The van der Waals surface area contributed by atoms with Crippen LogP contribution in [0.1, 0.15) is 25.1 Å². The molecule has 0 aliphatic carbocycles. The molecule has 0 fully saturated rings. The van der Waals surface area contributed by atoms with Crippen molar-refractivity contribution in [1.29, 1.82) is 0 Å². The van der Waals surface area contributed by atoms with Crippen LogP contribution in [-0.2, 0) is 12.8 Å². The monoisotopic (exact) mass is 195 g/mol. The van der Waals surface area contributed by atoms with Gasteiger partial charge in [0.25, 0.3) is 5.56 Å². The third-order valence-electron chi connectivity index (χ3n) is 2.99. The van der Waals surface area contributed by atoms with E-state index in [1.807, 2.05) is 0 Å². The van der Waals surface area contributed by atoms with Crippen LogP contribution in [0.15, 0.2) is 4.79 Å². The Hall–Kier alpha value is -1.03. The Morgan fingerprint density at radius 2 is 1.93 bits per heavy atom. The summed E-state index contributed by atoms with van der Waals surface area (Å²) in [5, 5.41) is 5.61. The molecule has 4 nitrogen and oxygen atoms in total. The van der Waals surface area contributed by atoms with Crippen molar-refractivity contribution in [1.82, 2.24) is 15.1 Å². The number of aromatic amines is 2. The Kier molecular flexibility index (Phi) is 2.46. The van der Waals surface area contributed by atoms with Gasteiger partial charge in [-0.15, -0.1) is 0 Å². The molecule has 2 rings (SSSR count). The van der Waals surface area contributed by atoms with Crippen LogP contribution in [0.25, 0.3) is 0 Å². The van der Waals surface area contributed by atoms with Crippen LogP contribution >= 0.6 is 0 Å². The fourth-order valence-corrected chi connectivity index (χ4v) is 2.04. The van der Waals surface area contributed by atoms with Crippen molar-refractivity contribution in [2.75, 3.05) is 13.1 Å². The van der Waals surface area contributed by atoms with Gasteiger partial charge in [-0.3, -0.25) is 9.89 Å². The molecule has 0 spiro atoms. The van der Waals surface area contributed by atoms with Gasteiger partial charge in [-0.25, -0.2) is 0 Å². The first-order valence-corrected chi connectivity index (χ1v) is 5.21. The largest absolute Gasteiger partial charge is 0.302 e. The highest BCUT2D eigenvalue weighted by molar-refractivity contribution is 5.18. The lowest BCUT2D eigenvalue weighted by Crippen LogP contribution is -2.33. The second-order valence-corrected chi connectivity index (χ2v) is 4.17. The van der Waals surface area contributed by atoms with Crippen molar-refractivity contribution in [2.24, 2.45) is 0 Å². The average Bonchev–Trinajstić information content (AvgIpc) is 2.38. The van der Waals surface area contributed by atoms with Gasteiger partial charge in [-0.05, 0) is 20.3 Å². The van der Waals surface area contributed by atoms with Crippen LogP contribution in [0.3, 0.4) is 0 Å². The summed E-state index contributed by atoms with van der Waals surface area (Å²) >= 11 is 0. The molecule has 0 atom stereocenters. The van der Waals surface area contributed by atoms with Crippen molar-refractivity contribution >= 4 is 0 Å². The summed E-state index contributed by atoms with van der Waals surface area (Å²) in [5.74, 6) is 0. The van der Waals surface area contributed by atoms with Gasteiger partial charge in [0.2, 0.25) is 0 Å². The molecule has 78 valence electrons.